The van der Waals surface area contributed by atoms with Crippen LogP contribution in [0.1, 0.15) is 27.7 Å². The summed E-state index contributed by atoms with van der Waals surface area (Å²) in [6.45, 7) is 0.282. The Hall–Kier alpha value is -4.22. The largest absolute Gasteiger partial charge is 0.547 e. The lowest BCUT2D eigenvalue weighted by molar-refractivity contribution is -0.153. The van der Waals surface area contributed by atoms with Crippen molar-refractivity contribution in [1.29, 1.82) is 0 Å². The molecule has 0 aliphatic carbocycles. The summed E-state index contributed by atoms with van der Waals surface area (Å²) in [4.78, 5) is 68.5. The maximum Gasteiger partial charge on any atom is 0.547 e. The summed E-state index contributed by atoms with van der Waals surface area (Å²) in [6.07, 6.45) is 0.0271. The van der Waals surface area contributed by atoms with Crippen LogP contribution < -0.4 is 26.8 Å². The quantitative estimate of drug-likeness (QED) is 0.164. The highest BCUT2D eigenvalue weighted by Crippen LogP contribution is 2.30. The predicted octanol–water partition coefficient (Wildman–Crippen LogP) is -2.06. The number of benzene rings is 1. The van der Waals surface area contributed by atoms with Gasteiger partial charge in [0.25, 0.3) is 0 Å². The van der Waals surface area contributed by atoms with Crippen LogP contribution in [0, 0.1) is 0 Å². The van der Waals surface area contributed by atoms with Crippen LogP contribution in [0.15, 0.2) is 23.6 Å². The molecule has 0 radical (unpaired) electrons. The summed E-state index contributed by atoms with van der Waals surface area (Å²) in [7, 11) is -1.60. The molecule has 5 amide bonds. The highest BCUT2D eigenvalue weighted by molar-refractivity contribution is 7.13. The Labute approximate surface area is 219 Å². The van der Waals surface area contributed by atoms with Gasteiger partial charge in [-0.1, -0.05) is 12.1 Å². The molecule has 15 nitrogen and oxygen atoms in total. The third-order valence-corrected chi connectivity index (χ3v) is 6.69. The highest BCUT2D eigenvalue weighted by Gasteiger charge is 2.41. The van der Waals surface area contributed by atoms with Crippen LogP contribution in [0.2, 0.25) is 0 Å². The number of aromatic carboxylic acids is 1. The Balaban J connectivity index is 1.51. The molecular weight excluding hydrogens is 521 g/mol. The lowest BCUT2D eigenvalue weighted by atomic mass is 9.72. The average molecular weight is 545 g/mol. The van der Waals surface area contributed by atoms with Crippen molar-refractivity contribution < 1.29 is 38.8 Å². The number of hydrogen-bond acceptors (Lipinski definition) is 11. The van der Waals surface area contributed by atoms with Crippen LogP contribution in [0.5, 0.6) is 5.75 Å². The van der Waals surface area contributed by atoms with Gasteiger partial charge in [0.15, 0.2) is 11.2 Å². The number of nitrogens with two attached hydrogens (primary N) is 2. The van der Waals surface area contributed by atoms with E-state index in [-0.39, 0.29) is 54.7 Å². The standard InChI is InChI=1S/C21H24BN7O8S/c23-4-5-28-6-7-29(18(32)17(28)31)21(35)27-14(12-9-38-20(24)25-12)16(30)26-13-8-10-2-1-3-11(19(33)34)15(10)37-22(13)36/h1-3,9,13-14,36H,4-8,23H2,(H2,24,25)(H,26,30)(H,27,35)(H,33,34)/t13-,14?/m0/s1. The number of imide groups is 1. The number of piperazine rings is 1. The number of nitrogens with one attached hydrogen (secondary N) is 2. The number of amides is 5. The van der Waals surface area contributed by atoms with E-state index >= 15 is 0 Å². The number of nitrogen functional groups attached to an aromatic ring is 1. The Morgan fingerprint density at radius 1 is 1.26 bits per heavy atom. The molecule has 2 aliphatic rings. The van der Waals surface area contributed by atoms with Crippen molar-refractivity contribution in [2.24, 2.45) is 5.73 Å². The summed E-state index contributed by atoms with van der Waals surface area (Å²) >= 11 is 1.01. The Kier molecular flexibility index (Phi) is 7.79. The number of carbonyl (C=O) groups is 5. The normalized spacial score (nSPS) is 17.9. The zero-order chi connectivity index (χ0) is 27.6. The van der Waals surface area contributed by atoms with Gasteiger partial charge in [0.05, 0.1) is 17.2 Å². The Morgan fingerprint density at radius 2 is 2.03 bits per heavy atom. The minimum atomic E-state index is -1.60. The number of thiazole rings is 1. The molecule has 2 aliphatic heterocycles. The van der Waals surface area contributed by atoms with Crippen molar-refractivity contribution in [2.45, 2.75) is 18.4 Å². The number of aromatic nitrogens is 1. The molecule has 8 N–H and O–H groups in total. The Bertz CT molecular complexity index is 1290. The molecule has 1 saturated heterocycles. The fraction of sp³-hybridized carbons (Fsp3) is 0.333. The fourth-order valence-corrected chi connectivity index (χ4v) is 4.72. The van der Waals surface area contributed by atoms with E-state index in [1.807, 2.05) is 0 Å². The molecule has 1 unspecified atom stereocenters. The first-order valence-electron chi connectivity index (χ1n) is 11.4. The van der Waals surface area contributed by atoms with E-state index in [2.05, 4.69) is 15.6 Å². The molecule has 0 saturated carbocycles. The van der Waals surface area contributed by atoms with Crippen LogP contribution in [0.3, 0.4) is 0 Å². The predicted molar refractivity (Wildman–Crippen MR) is 133 cm³/mol. The SMILES string of the molecule is NCCN1CCN(C(=O)NC(C(=O)N[C@H]2Cc3cccc(C(=O)O)c3OB2O)c2csc(N)n2)C(=O)C1=O. The molecule has 4 rings (SSSR count). The number of anilines is 1. The van der Waals surface area contributed by atoms with Crippen molar-refractivity contribution in [3.8, 4) is 5.75 Å². The molecule has 0 spiro atoms. The molecule has 0 bridgehead atoms. The van der Waals surface area contributed by atoms with Gasteiger partial charge in [0.2, 0.25) is 5.91 Å². The number of rotatable bonds is 7. The molecule has 38 heavy (non-hydrogen) atoms. The van der Waals surface area contributed by atoms with Gasteiger partial charge in [-0.3, -0.25) is 19.3 Å². The molecule has 1 aromatic carbocycles. The second-order valence-electron chi connectivity index (χ2n) is 8.46. The average Bonchev–Trinajstić information content (AvgIpc) is 3.31. The lowest BCUT2D eigenvalue weighted by Gasteiger charge is -2.33. The molecule has 17 heteroatoms. The summed E-state index contributed by atoms with van der Waals surface area (Å²) < 4.78 is 5.39. The lowest BCUT2D eigenvalue weighted by Crippen LogP contribution is -2.60. The third kappa shape index (κ3) is 5.39. The number of carbonyl (C=O) groups excluding carboxylic acids is 4. The first kappa shape index (κ1) is 26.8. The van der Waals surface area contributed by atoms with Gasteiger partial charge in [-0.25, -0.2) is 14.6 Å². The number of fused-ring (bicyclic) bond motifs is 1. The zero-order valence-electron chi connectivity index (χ0n) is 19.8. The molecule has 1 fully saturated rings. The number of carboxylic acid groups (broad SMARTS) is 1. The molecule has 1 aromatic heterocycles. The number of urea groups is 1. The maximum atomic E-state index is 13.3. The van der Waals surface area contributed by atoms with E-state index in [1.54, 1.807) is 6.07 Å². The van der Waals surface area contributed by atoms with Crippen LogP contribution in [-0.4, -0.2) is 93.9 Å². The molecule has 2 atom stereocenters. The summed E-state index contributed by atoms with van der Waals surface area (Å²) in [5.74, 6) is -5.03. The highest BCUT2D eigenvalue weighted by atomic mass is 32.1. The summed E-state index contributed by atoms with van der Waals surface area (Å²) in [6, 6.07) is 1.99. The van der Waals surface area contributed by atoms with E-state index in [0.29, 0.717) is 10.5 Å². The van der Waals surface area contributed by atoms with Gasteiger partial charge in [-0.2, -0.15) is 0 Å². The van der Waals surface area contributed by atoms with Crippen molar-refractivity contribution in [3.63, 3.8) is 0 Å². The van der Waals surface area contributed by atoms with E-state index in [0.717, 1.165) is 11.3 Å². The van der Waals surface area contributed by atoms with Crippen molar-refractivity contribution in [2.75, 3.05) is 31.9 Å². The minimum absolute atomic E-state index is 0.00733. The summed E-state index contributed by atoms with van der Waals surface area (Å²) in [5, 5.41) is 26.4. The molecule has 200 valence electrons. The van der Waals surface area contributed by atoms with Crippen molar-refractivity contribution in [1.82, 2.24) is 25.4 Å². The number of carboxylic acids is 1. The van der Waals surface area contributed by atoms with Gasteiger partial charge in [-0.05, 0) is 18.1 Å². The first-order chi connectivity index (χ1) is 18.1. The molecular formula is C21H24BN7O8S. The van der Waals surface area contributed by atoms with Gasteiger partial charge in [0.1, 0.15) is 5.75 Å². The zero-order valence-corrected chi connectivity index (χ0v) is 20.6. The second kappa shape index (κ2) is 11.0. The van der Waals surface area contributed by atoms with Crippen molar-refractivity contribution in [3.05, 3.63) is 40.4 Å². The smallest absolute Gasteiger partial charge is 0.534 e. The fourth-order valence-electron chi connectivity index (χ4n) is 4.13. The monoisotopic (exact) mass is 545 g/mol. The molecule has 3 heterocycles. The van der Waals surface area contributed by atoms with Gasteiger partial charge < -0.3 is 41.8 Å². The van der Waals surface area contributed by atoms with Crippen LogP contribution in [0.4, 0.5) is 9.93 Å². The van der Waals surface area contributed by atoms with E-state index < -0.39 is 48.8 Å². The van der Waals surface area contributed by atoms with E-state index in [4.69, 9.17) is 16.1 Å². The van der Waals surface area contributed by atoms with Crippen molar-refractivity contribution >= 4 is 53.3 Å². The van der Waals surface area contributed by atoms with Crippen LogP contribution >= 0.6 is 11.3 Å². The van der Waals surface area contributed by atoms with Gasteiger partial charge >= 0.3 is 30.9 Å². The van der Waals surface area contributed by atoms with Crippen LogP contribution in [-0.2, 0) is 20.8 Å². The number of hydrogen-bond donors (Lipinski definition) is 6. The van der Waals surface area contributed by atoms with Gasteiger partial charge in [0, 0.05) is 31.6 Å². The van der Waals surface area contributed by atoms with E-state index in [1.165, 1.54) is 22.4 Å². The van der Waals surface area contributed by atoms with Crippen LogP contribution in [0.25, 0.3) is 0 Å². The minimum Gasteiger partial charge on any atom is -0.534 e. The number of nitrogens with zero attached hydrogens (tertiary/aromatic N) is 3. The molecule has 2 aromatic rings. The summed E-state index contributed by atoms with van der Waals surface area (Å²) in [5.41, 5.74) is 11.5. The maximum absolute atomic E-state index is 13.3. The first-order valence-corrected chi connectivity index (χ1v) is 12.3. The Morgan fingerprint density at radius 3 is 2.68 bits per heavy atom. The third-order valence-electron chi connectivity index (χ3n) is 6.00. The van der Waals surface area contributed by atoms with Gasteiger partial charge in [-0.15, -0.1) is 11.3 Å². The second-order valence-corrected chi connectivity index (χ2v) is 9.35. The van der Waals surface area contributed by atoms with E-state index in [9.17, 15) is 34.1 Å². The topological polar surface area (TPSA) is 231 Å². The number of para-hydroxylation sites is 1.